The highest BCUT2D eigenvalue weighted by Crippen LogP contribution is 2.34. The second-order valence-electron chi connectivity index (χ2n) is 7.91. The van der Waals surface area contributed by atoms with E-state index in [9.17, 15) is 14.4 Å². The van der Waals surface area contributed by atoms with Crippen LogP contribution >= 0.6 is 11.8 Å². The molecule has 0 aromatic heterocycles. The minimum Gasteiger partial charge on any atom is -0.463 e. The maximum Gasteiger partial charge on any atom is 0.303 e. The summed E-state index contributed by atoms with van der Waals surface area (Å²) in [5.74, 6) is -0.864. The zero-order valence-corrected chi connectivity index (χ0v) is 20.5. The van der Waals surface area contributed by atoms with Crippen LogP contribution in [0.15, 0.2) is 42.5 Å². The van der Waals surface area contributed by atoms with Crippen molar-refractivity contribution >= 4 is 40.4 Å². The highest BCUT2D eigenvalue weighted by molar-refractivity contribution is 7.99. The van der Waals surface area contributed by atoms with Crippen molar-refractivity contribution in [1.82, 2.24) is 0 Å². The average molecular weight is 491 g/mol. The first kappa shape index (κ1) is 26.0. The third kappa shape index (κ3) is 6.94. The van der Waals surface area contributed by atoms with Crippen molar-refractivity contribution in [1.29, 1.82) is 0 Å². The lowest BCUT2D eigenvalue weighted by molar-refractivity contribution is -0.241. The predicted octanol–water partition coefficient (Wildman–Crippen LogP) is 3.63. The Morgan fingerprint density at radius 2 is 1.56 bits per heavy atom. The van der Waals surface area contributed by atoms with Crippen LogP contribution in [0.5, 0.6) is 0 Å². The Labute approximate surface area is 203 Å². The number of hydrogen-bond donors (Lipinski definition) is 0. The van der Waals surface area contributed by atoms with E-state index in [4.69, 9.17) is 23.7 Å². The first-order valence-corrected chi connectivity index (χ1v) is 12.2. The van der Waals surface area contributed by atoms with Crippen molar-refractivity contribution in [2.24, 2.45) is 0 Å². The molecule has 1 fully saturated rings. The van der Waals surface area contributed by atoms with Gasteiger partial charge in [-0.05, 0) is 28.2 Å². The van der Waals surface area contributed by atoms with Crippen LogP contribution in [0, 0.1) is 0 Å². The summed E-state index contributed by atoms with van der Waals surface area (Å²) in [7, 11) is 0. The molecule has 0 saturated carbocycles. The summed E-state index contributed by atoms with van der Waals surface area (Å²) in [6.45, 7) is 5.88. The molecular weight excluding hydrogens is 460 g/mol. The SMILES string of the molecule is CCSC1OC(COC(C)=O)C(OC(C)=O)C(OCc2ccc3ccccc3c2)C1OC(C)=O. The van der Waals surface area contributed by atoms with Crippen LogP contribution in [0.1, 0.15) is 33.3 Å². The molecule has 0 spiro atoms. The van der Waals surface area contributed by atoms with Gasteiger partial charge in [-0.1, -0.05) is 43.3 Å². The lowest BCUT2D eigenvalue weighted by Crippen LogP contribution is -2.61. The molecule has 8 nitrogen and oxygen atoms in total. The molecule has 1 saturated heterocycles. The molecule has 0 aliphatic carbocycles. The summed E-state index contributed by atoms with van der Waals surface area (Å²) in [4.78, 5) is 35.3. The summed E-state index contributed by atoms with van der Waals surface area (Å²) >= 11 is 1.43. The fourth-order valence-corrected chi connectivity index (χ4v) is 4.82. The van der Waals surface area contributed by atoms with Gasteiger partial charge in [-0.25, -0.2) is 0 Å². The molecule has 5 unspecified atom stereocenters. The molecule has 184 valence electrons. The second kappa shape index (κ2) is 12.2. The minimum absolute atomic E-state index is 0.128. The molecule has 1 heterocycles. The summed E-state index contributed by atoms with van der Waals surface area (Å²) in [5.41, 5.74) is 0.312. The summed E-state index contributed by atoms with van der Waals surface area (Å²) in [5, 5.41) is 2.17. The van der Waals surface area contributed by atoms with Crippen molar-refractivity contribution in [3.63, 3.8) is 0 Å². The van der Waals surface area contributed by atoms with Gasteiger partial charge in [0.1, 0.15) is 24.3 Å². The van der Waals surface area contributed by atoms with E-state index in [1.807, 2.05) is 49.4 Å². The number of carbonyl (C=O) groups is 3. The van der Waals surface area contributed by atoms with E-state index in [-0.39, 0.29) is 13.2 Å². The molecule has 2 aromatic rings. The zero-order valence-electron chi connectivity index (χ0n) is 19.7. The molecule has 1 aliphatic rings. The van der Waals surface area contributed by atoms with Crippen LogP contribution in [0.4, 0.5) is 0 Å². The molecule has 1 aliphatic heterocycles. The molecule has 0 radical (unpaired) electrons. The summed E-state index contributed by atoms with van der Waals surface area (Å²) in [6.07, 6.45) is -3.40. The van der Waals surface area contributed by atoms with Gasteiger partial charge in [-0.15, -0.1) is 11.8 Å². The molecule has 0 N–H and O–H groups in total. The predicted molar refractivity (Wildman–Crippen MR) is 127 cm³/mol. The van der Waals surface area contributed by atoms with Gasteiger partial charge >= 0.3 is 17.9 Å². The standard InChI is InChI=1S/C25H30O8S/c1-5-34-25-24(32-17(4)28)23(22(31-16(3)27)21(33-25)14-29-15(2)26)30-13-18-10-11-19-8-6-7-9-20(19)12-18/h6-12,21-25H,5,13-14H2,1-4H3. The molecule has 5 atom stereocenters. The molecule has 9 heteroatoms. The number of carbonyl (C=O) groups excluding carboxylic acids is 3. The number of fused-ring (bicyclic) bond motifs is 1. The van der Waals surface area contributed by atoms with E-state index < -0.39 is 47.8 Å². The van der Waals surface area contributed by atoms with Crippen LogP contribution in [0.25, 0.3) is 10.8 Å². The Hall–Kier alpha value is -2.62. The van der Waals surface area contributed by atoms with Crippen molar-refractivity contribution < 1.29 is 38.1 Å². The van der Waals surface area contributed by atoms with Gasteiger partial charge in [0.15, 0.2) is 12.2 Å². The molecule has 34 heavy (non-hydrogen) atoms. The van der Waals surface area contributed by atoms with E-state index in [0.717, 1.165) is 16.3 Å². The summed E-state index contributed by atoms with van der Waals surface area (Å²) in [6, 6.07) is 14.0. The lowest BCUT2D eigenvalue weighted by Gasteiger charge is -2.44. The largest absolute Gasteiger partial charge is 0.463 e. The quantitative estimate of drug-likeness (QED) is 0.385. The van der Waals surface area contributed by atoms with Gasteiger partial charge in [0, 0.05) is 20.8 Å². The molecule has 0 amide bonds. The highest BCUT2D eigenvalue weighted by atomic mass is 32.2. The highest BCUT2D eigenvalue weighted by Gasteiger charge is 2.50. The smallest absolute Gasteiger partial charge is 0.303 e. The van der Waals surface area contributed by atoms with Crippen LogP contribution in [-0.2, 0) is 44.7 Å². The van der Waals surface area contributed by atoms with Gasteiger partial charge in [-0.3, -0.25) is 14.4 Å². The Kier molecular flexibility index (Phi) is 9.32. The number of esters is 3. The number of benzene rings is 2. The van der Waals surface area contributed by atoms with Crippen molar-refractivity contribution in [3.05, 3.63) is 48.0 Å². The average Bonchev–Trinajstić information content (AvgIpc) is 2.78. The van der Waals surface area contributed by atoms with Crippen LogP contribution in [0.3, 0.4) is 0 Å². The van der Waals surface area contributed by atoms with Gasteiger partial charge in [0.25, 0.3) is 0 Å². The first-order valence-electron chi connectivity index (χ1n) is 11.1. The van der Waals surface area contributed by atoms with Crippen LogP contribution < -0.4 is 0 Å². The third-order valence-electron chi connectivity index (χ3n) is 5.23. The Morgan fingerprint density at radius 1 is 0.882 bits per heavy atom. The third-order valence-corrected chi connectivity index (χ3v) is 6.27. The van der Waals surface area contributed by atoms with Crippen LogP contribution in [-0.4, -0.2) is 60.1 Å². The molecule has 2 aromatic carbocycles. The fraction of sp³-hybridized carbons (Fsp3) is 0.480. The first-order chi connectivity index (χ1) is 16.3. The summed E-state index contributed by atoms with van der Waals surface area (Å²) < 4.78 is 28.7. The Morgan fingerprint density at radius 3 is 2.21 bits per heavy atom. The number of ether oxygens (including phenoxy) is 5. The monoisotopic (exact) mass is 490 g/mol. The molecular formula is C25H30O8S. The van der Waals surface area contributed by atoms with Crippen molar-refractivity contribution in [2.45, 2.75) is 64.2 Å². The van der Waals surface area contributed by atoms with Gasteiger partial charge in [0.05, 0.1) is 6.61 Å². The number of hydrogen-bond acceptors (Lipinski definition) is 9. The topological polar surface area (TPSA) is 97.4 Å². The van der Waals surface area contributed by atoms with E-state index >= 15 is 0 Å². The van der Waals surface area contributed by atoms with Gasteiger partial charge in [-0.2, -0.15) is 0 Å². The number of thioether (sulfide) groups is 1. The Bertz CT molecular complexity index is 1010. The van der Waals surface area contributed by atoms with Gasteiger partial charge in [0.2, 0.25) is 0 Å². The number of rotatable bonds is 9. The van der Waals surface area contributed by atoms with E-state index in [1.54, 1.807) is 0 Å². The van der Waals surface area contributed by atoms with Gasteiger partial charge < -0.3 is 23.7 Å². The zero-order chi connectivity index (χ0) is 24.7. The van der Waals surface area contributed by atoms with E-state index in [1.165, 1.54) is 32.5 Å². The maximum absolute atomic E-state index is 11.9. The fourth-order valence-electron chi connectivity index (χ4n) is 3.87. The molecule has 0 bridgehead atoms. The lowest BCUT2D eigenvalue weighted by atomic mass is 9.99. The normalized spacial score (nSPS) is 24.4. The van der Waals surface area contributed by atoms with Crippen molar-refractivity contribution in [2.75, 3.05) is 12.4 Å². The van der Waals surface area contributed by atoms with Crippen molar-refractivity contribution in [3.8, 4) is 0 Å². The minimum atomic E-state index is -0.949. The Balaban J connectivity index is 1.91. The van der Waals surface area contributed by atoms with E-state index in [0.29, 0.717) is 5.75 Å². The van der Waals surface area contributed by atoms with Crippen LogP contribution in [0.2, 0.25) is 0 Å². The maximum atomic E-state index is 11.9. The molecule has 3 rings (SSSR count). The van der Waals surface area contributed by atoms with E-state index in [2.05, 4.69) is 0 Å². The second-order valence-corrected chi connectivity index (χ2v) is 9.28.